The van der Waals surface area contributed by atoms with Gasteiger partial charge in [-0.2, -0.15) is 0 Å². The standard InChI is InChI=1S/C19H24O6/c1-5-11-21-15-14(23-18-16(15)24-19(3,4)25-18)12(2)22-17(20)13-9-7-6-8-10-13/h5-10,12,14-16,18H,1,11H2,2-4H3/t12-,14+,15+,16-,18-/m0/s1. The molecule has 0 bridgehead atoms. The summed E-state index contributed by atoms with van der Waals surface area (Å²) in [6.45, 7) is 9.45. The van der Waals surface area contributed by atoms with E-state index in [0.29, 0.717) is 12.2 Å². The number of esters is 1. The van der Waals surface area contributed by atoms with E-state index in [1.165, 1.54) is 0 Å². The molecule has 0 unspecified atom stereocenters. The predicted molar refractivity (Wildman–Crippen MR) is 90.0 cm³/mol. The second-order valence-electron chi connectivity index (χ2n) is 6.63. The topological polar surface area (TPSA) is 63.2 Å². The molecule has 0 N–H and O–H groups in total. The highest BCUT2D eigenvalue weighted by Gasteiger charge is 2.57. The predicted octanol–water partition coefficient (Wildman–Crippen LogP) is 2.68. The molecule has 2 aliphatic heterocycles. The highest BCUT2D eigenvalue weighted by Crippen LogP contribution is 2.40. The molecule has 6 nitrogen and oxygen atoms in total. The molecule has 1 aromatic rings. The summed E-state index contributed by atoms with van der Waals surface area (Å²) in [6, 6.07) is 8.84. The molecule has 2 heterocycles. The van der Waals surface area contributed by atoms with Crippen molar-refractivity contribution >= 4 is 5.97 Å². The Kier molecular flexibility index (Phi) is 5.24. The third-order valence-corrected chi connectivity index (χ3v) is 4.20. The molecule has 0 amide bonds. The summed E-state index contributed by atoms with van der Waals surface area (Å²) in [5, 5.41) is 0. The SMILES string of the molecule is C=CCO[C@H]1[C@@H]2OC(C)(C)O[C@@H]2O[C@@H]1[C@H](C)OC(=O)c1ccccc1. The Morgan fingerprint density at radius 2 is 2.04 bits per heavy atom. The van der Waals surface area contributed by atoms with Gasteiger partial charge in [0.2, 0.25) is 0 Å². The second kappa shape index (κ2) is 7.25. The molecule has 2 saturated heterocycles. The number of rotatable bonds is 6. The van der Waals surface area contributed by atoms with Gasteiger partial charge in [-0.05, 0) is 32.9 Å². The van der Waals surface area contributed by atoms with Crippen LogP contribution < -0.4 is 0 Å². The molecule has 2 fully saturated rings. The van der Waals surface area contributed by atoms with Gasteiger partial charge in [0.1, 0.15) is 24.4 Å². The van der Waals surface area contributed by atoms with Crippen LogP contribution in [0.4, 0.5) is 0 Å². The minimum absolute atomic E-state index is 0.344. The maximum Gasteiger partial charge on any atom is 0.338 e. The zero-order chi connectivity index (χ0) is 18.0. The third kappa shape index (κ3) is 3.93. The Morgan fingerprint density at radius 3 is 2.72 bits per heavy atom. The smallest absolute Gasteiger partial charge is 0.338 e. The summed E-state index contributed by atoms with van der Waals surface area (Å²) in [5.41, 5.74) is 0.490. The lowest BCUT2D eigenvalue weighted by molar-refractivity contribution is -0.227. The van der Waals surface area contributed by atoms with Gasteiger partial charge < -0.3 is 23.7 Å². The molecule has 25 heavy (non-hydrogen) atoms. The van der Waals surface area contributed by atoms with E-state index in [9.17, 15) is 4.79 Å². The molecule has 136 valence electrons. The summed E-state index contributed by atoms with van der Waals surface area (Å²) >= 11 is 0. The minimum Gasteiger partial charge on any atom is -0.456 e. The minimum atomic E-state index is -0.736. The van der Waals surface area contributed by atoms with Gasteiger partial charge in [0.05, 0.1) is 12.2 Å². The summed E-state index contributed by atoms with van der Waals surface area (Å²) in [7, 11) is 0. The van der Waals surface area contributed by atoms with E-state index in [-0.39, 0.29) is 6.10 Å². The Balaban J connectivity index is 1.69. The Labute approximate surface area is 147 Å². The van der Waals surface area contributed by atoms with Crippen molar-refractivity contribution in [1.29, 1.82) is 0 Å². The van der Waals surface area contributed by atoms with Gasteiger partial charge >= 0.3 is 5.97 Å². The molecular weight excluding hydrogens is 324 g/mol. The van der Waals surface area contributed by atoms with Crippen LogP contribution in [0.1, 0.15) is 31.1 Å². The van der Waals surface area contributed by atoms with Crippen LogP contribution >= 0.6 is 0 Å². The van der Waals surface area contributed by atoms with E-state index in [1.54, 1.807) is 37.3 Å². The van der Waals surface area contributed by atoms with Gasteiger partial charge in [0.15, 0.2) is 12.1 Å². The number of benzene rings is 1. The van der Waals surface area contributed by atoms with Crippen LogP contribution in [0, 0.1) is 0 Å². The first-order chi connectivity index (χ1) is 11.9. The first-order valence-corrected chi connectivity index (χ1v) is 8.41. The van der Waals surface area contributed by atoms with Gasteiger partial charge in [0, 0.05) is 0 Å². The largest absolute Gasteiger partial charge is 0.456 e. The van der Waals surface area contributed by atoms with Crippen molar-refractivity contribution in [2.75, 3.05) is 6.61 Å². The lowest BCUT2D eigenvalue weighted by atomic mass is 10.1. The number of fused-ring (bicyclic) bond motifs is 1. The summed E-state index contributed by atoms with van der Waals surface area (Å²) in [4.78, 5) is 12.3. The summed E-state index contributed by atoms with van der Waals surface area (Å²) in [5.74, 6) is -1.14. The molecule has 5 atom stereocenters. The van der Waals surface area contributed by atoms with Crippen LogP contribution in [0.15, 0.2) is 43.0 Å². The number of hydrogen-bond acceptors (Lipinski definition) is 6. The van der Waals surface area contributed by atoms with Crippen molar-refractivity contribution in [3.05, 3.63) is 48.6 Å². The van der Waals surface area contributed by atoms with Gasteiger partial charge in [-0.25, -0.2) is 4.79 Å². The first kappa shape index (κ1) is 18.1. The molecule has 0 aromatic heterocycles. The fourth-order valence-electron chi connectivity index (χ4n) is 3.13. The maximum absolute atomic E-state index is 12.3. The van der Waals surface area contributed by atoms with E-state index in [0.717, 1.165) is 0 Å². The third-order valence-electron chi connectivity index (χ3n) is 4.20. The van der Waals surface area contributed by atoms with Crippen molar-refractivity contribution in [2.24, 2.45) is 0 Å². The van der Waals surface area contributed by atoms with Crippen molar-refractivity contribution in [3.8, 4) is 0 Å². The van der Waals surface area contributed by atoms with E-state index >= 15 is 0 Å². The average Bonchev–Trinajstić information content (AvgIpc) is 3.05. The Morgan fingerprint density at radius 1 is 1.32 bits per heavy atom. The van der Waals surface area contributed by atoms with Crippen molar-refractivity contribution < 1.29 is 28.5 Å². The van der Waals surface area contributed by atoms with Crippen LogP contribution in [0.25, 0.3) is 0 Å². The first-order valence-electron chi connectivity index (χ1n) is 8.41. The Bertz CT molecular complexity index is 614. The molecule has 0 spiro atoms. The average molecular weight is 348 g/mol. The quantitative estimate of drug-likeness (QED) is 0.582. The van der Waals surface area contributed by atoms with Crippen molar-refractivity contribution in [2.45, 2.75) is 57.3 Å². The van der Waals surface area contributed by atoms with E-state index in [1.807, 2.05) is 19.9 Å². The molecule has 3 rings (SSSR count). The number of carbonyl (C=O) groups excluding carboxylic acids is 1. The molecule has 0 radical (unpaired) electrons. The number of ether oxygens (including phenoxy) is 5. The monoisotopic (exact) mass is 348 g/mol. The lowest BCUT2D eigenvalue weighted by Gasteiger charge is -2.28. The van der Waals surface area contributed by atoms with Crippen LogP contribution in [0.5, 0.6) is 0 Å². The second-order valence-corrected chi connectivity index (χ2v) is 6.63. The van der Waals surface area contributed by atoms with Crippen LogP contribution in [-0.2, 0) is 23.7 Å². The van der Waals surface area contributed by atoms with E-state index in [2.05, 4.69) is 6.58 Å². The van der Waals surface area contributed by atoms with Gasteiger partial charge in [-0.15, -0.1) is 6.58 Å². The molecular formula is C19H24O6. The van der Waals surface area contributed by atoms with E-state index in [4.69, 9.17) is 23.7 Å². The van der Waals surface area contributed by atoms with Gasteiger partial charge in [-0.3, -0.25) is 0 Å². The maximum atomic E-state index is 12.3. The zero-order valence-electron chi connectivity index (χ0n) is 14.7. The van der Waals surface area contributed by atoms with E-state index < -0.39 is 36.4 Å². The molecule has 0 aliphatic carbocycles. The molecule has 6 heteroatoms. The highest BCUT2D eigenvalue weighted by molar-refractivity contribution is 5.89. The molecule has 1 aromatic carbocycles. The van der Waals surface area contributed by atoms with Crippen LogP contribution in [0.3, 0.4) is 0 Å². The molecule has 0 saturated carbocycles. The van der Waals surface area contributed by atoms with Crippen molar-refractivity contribution in [3.63, 3.8) is 0 Å². The van der Waals surface area contributed by atoms with Gasteiger partial charge in [-0.1, -0.05) is 24.3 Å². The Hall–Kier alpha value is -1.73. The number of hydrogen-bond donors (Lipinski definition) is 0. The summed E-state index contributed by atoms with van der Waals surface area (Å²) in [6.07, 6.45) is -0.692. The number of carbonyl (C=O) groups is 1. The van der Waals surface area contributed by atoms with Crippen LogP contribution in [0.2, 0.25) is 0 Å². The normalized spacial score (nSPS) is 31.3. The summed E-state index contributed by atoms with van der Waals surface area (Å²) < 4.78 is 29.0. The highest BCUT2D eigenvalue weighted by atomic mass is 16.8. The fraction of sp³-hybridized carbons (Fsp3) is 0.526. The zero-order valence-corrected chi connectivity index (χ0v) is 14.7. The molecule has 2 aliphatic rings. The van der Waals surface area contributed by atoms with Crippen molar-refractivity contribution in [1.82, 2.24) is 0 Å². The fourth-order valence-corrected chi connectivity index (χ4v) is 3.13. The van der Waals surface area contributed by atoms with Gasteiger partial charge in [0.25, 0.3) is 0 Å². The van der Waals surface area contributed by atoms with Crippen LogP contribution in [-0.4, -0.2) is 49.1 Å². The lowest BCUT2D eigenvalue weighted by Crippen LogP contribution is -2.43.